The minimum Gasteiger partial charge on any atom is -0.349 e. The summed E-state index contributed by atoms with van der Waals surface area (Å²) in [4.78, 5) is 3.87. The molecule has 1 aliphatic heterocycles. The molecule has 4 rings (SSSR count). The molecule has 3 atom stereocenters. The van der Waals surface area contributed by atoms with Crippen molar-refractivity contribution in [3.63, 3.8) is 0 Å². The molecule has 3 aromatic rings. The van der Waals surface area contributed by atoms with Crippen molar-refractivity contribution in [2.75, 3.05) is 27.2 Å². The Morgan fingerprint density at radius 2 is 1.66 bits per heavy atom. The van der Waals surface area contributed by atoms with Crippen molar-refractivity contribution in [1.82, 2.24) is 25.2 Å². The third-order valence-corrected chi connectivity index (χ3v) is 6.47. The minimum absolute atomic E-state index is 0. The van der Waals surface area contributed by atoms with Crippen LogP contribution in [-0.4, -0.2) is 58.7 Å². The fraction of sp³-hybridized carbons (Fsp3) is 0.462. The number of rotatable bonds is 8. The molecule has 1 N–H and O–H groups in total. The summed E-state index contributed by atoms with van der Waals surface area (Å²) in [7, 11) is 3.75. The molecule has 1 aliphatic rings. The highest BCUT2D eigenvalue weighted by Crippen LogP contribution is 2.40. The molecule has 1 saturated heterocycles. The van der Waals surface area contributed by atoms with Crippen molar-refractivity contribution in [2.24, 2.45) is 0 Å². The van der Waals surface area contributed by atoms with E-state index in [1.54, 1.807) is 0 Å². The van der Waals surface area contributed by atoms with Crippen LogP contribution in [0.3, 0.4) is 0 Å². The molecular weight excluding hydrogens is 583 g/mol. The summed E-state index contributed by atoms with van der Waals surface area (Å²) in [6, 6.07) is 6.22. The Morgan fingerprint density at radius 3 is 2.22 bits per heavy atom. The van der Waals surface area contributed by atoms with E-state index in [1.807, 2.05) is 23.9 Å². The van der Waals surface area contributed by atoms with Gasteiger partial charge in [0.1, 0.15) is 11.5 Å². The summed E-state index contributed by atoms with van der Waals surface area (Å²) in [5.74, 6) is -0.479. The van der Waals surface area contributed by atoms with Crippen LogP contribution >= 0.6 is 12.4 Å². The van der Waals surface area contributed by atoms with E-state index in [1.165, 1.54) is 31.2 Å². The standard InChI is InChI=1S/C26H28F7N5O2.ClH/c1-15(17-10-18(25(28,29)30)12-19(11-17)26(31,32)33)40-24-23(16-4-6-20(27)7-5-16)38(8-9-39-24)14-22-21(13-37(2)3)34-36-35-22;/h4-7,10-12,15,23-24H,8-9,13-14H2,1-3H3,(H,34,35,36);1H/t15?,23-,24+;/m0./s1. The topological polar surface area (TPSA) is 66.5 Å². The van der Waals surface area contributed by atoms with Gasteiger partial charge in [-0.2, -0.15) is 26.3 Å². The van der Waals surface area contributed by atoms with E-state index in [9.17, 15) is 30.7 Å². The maximum Gasteiger partial charge on any atom is 0.416 e. The second kappa shape index (κ2) is 13.0. The smallest absolute Gasteiger partial charge is 0.349 e. The molecule has 0 radical (unpaired) electrons. The highest BCUT2D eigenvalue weighted by atomic mass is 35.5. The van der Waals surface area contributed by atoms with Crippen LogP contribution in [0, 0.1) is 5.82 Å². The van der Waals surface area contributed by atoms with E-state index in [-0.39, 0.29) is 30.6 Å². The summed E-state index contributed by atoms with van der Waals surface area (Å²) < 4.78 is 106. The quantitative estimate of drug-likeness (QED) is 0.309. The Kier molecular flexibility index (Phi) is 10.4. The molecule has 7 nitrogen and oxygen atoms in total. The third kappa shape index (κ3) is 8.16. The van der Waals surface area contributed by atoms with Crippen molar-refractivity contribution in [3.8, 4) is 0 Å². The summed E-state index contributed by atoms with van der Waals surface area (Å²) in [6.45, 7) is 2.73. The molecule has 2 heterocycles. The van der Waals surface area contributed by atoms with Crippen LogP contribution in [0.1, 0.15) is 52.7 Å². The Labute approximate surface area is 238 Å². The number of hydrogen-bond acceptors (Lipinski definition) is 6. The van der Waals surface area contributed by atoms with E-state index in [4.69, 9.17) is 9.47 Å². The highest BCUT2D eigenvalue weighted by molar-refractivity contribution is 5.85. The van der Waals surface area contributed by atoms with Crippen LogP contribution in [0.15, 0.2) is 42.5 Å². The molecule has 1 unspecified atom stereocenters. The molecule has 0 aliphatic carbocycles. The molecule has 0 bridgehead atoms. The van der Waals surface area contributed by atoms with Crippen LogP contribution in [0.25, 0.3) is 0 Å². The van der Waals surface area contributed by atoms with Gasteiger partial charge < -0.3 is 14.4 Å². The number of aromatic nitrogens is 3. The summed E-state index contributed by atoms with van der Waals surface area (Å²) in [6.07, 6.45) is -12.3. The predicted molar refractivity (Wildman–Crippen MR) is 136 cm³/mol. The van der Waals surface area contributed by atoms with Gasteiger partial charge in [-0.05, 0) is 62.5 Å². The molecule has 0 spiro atoms. The molecule has 0 saturated carbocycles. The zero-order valence-corrected chi connectivity index (χ0v) is 23.1. The normalized spacial score (nSPS) is 19.3. The van der Waals surface area contributed by atoms with Crippen molar-refractivity contribution in [3.05, 3.63) is 81.9 Å². The first-order chi connectivity index (χ1) is 18.7. The maximum atomic E-state index is 13.7. The number of ether oxygens (including phenoxy) is 2. The summed E-state index contributed by atoms with van der Waals surface area (Å²) in [5.41, 5.74) is -1.19. The van der Waals surface area contributed by atoms with E-state index >= 15 is 0 Å². The lowest BCUT2D eigenvalue weighted by atomic mass is 10.0. The van der Waals surface area contributed by atoms with Crippen LogP contribution in [0.2, 0.25) is 0 Å². The van der Waals surface area contributed by atoms with Gasteiger partial charge in [0, 0.05) is 19.6 Å². The number of benzene rings is 2. The Morgan fingerprint density at radius 1 is 1.05 bits per heavy atom. The Bertz CT molecular complexity index is 1250. The highest BCUT2D eigenvalue weighted by Gasteiger charge is 2.39. The lowest BCUT2D eigenvalue weighted by Crippen LogP contribution is -2.46. The van der Waals surface area contributed by atoms with Crippen molar-refractivity contribution in [1.29, 1.82) is 0 Å². The lowest BCUT2D eigenvalue weighted by Gasteiger charge is -2.42. The number of morpholine rings is 1. The average Bonchev–Trinajstić information content (AvgIpc) is 3.29. The predicted octanol–water partition coefficient (Wildman–Crippen LogP) is 6.14. The van der Waals surface area contributed by atoms with E-state index in [0.717, 1.165) is 0 Å². The van der Waals surface area contributed by atoms with Gasteiger partial charge in [0.15, 0.2) is 6.29 Å². The molecule has 1 fully saturated rings. The van der Waals surface area contributed by atoms with Gasteiger partial charge in [0.05, 0.1) is 35.6 Å². The van der Waals surface area contributed by atoms with Crippen LogP contribution in [0.5, 0.6) is 0 Å². The van der Waals surface area contributed by atoms with Gasteiger partial charge in [-0.3, -0.25) is 10.00 Å². The SMILES string of the molecule is CC(O[C@H]1OCCN(Cc2[nH]nnc2CN(C)C)[C@H]1c1ccc(F)cc1)c1cc(C(F)(F)F)cc(C(F)(F)F)c1.Cl. The summed E-state index contributed by atoms with van der Waals surface area (Å²) >= 11 is 0. The van der Waals surface area contributed by atoms with Gasteiger partial charge >= 0.3 is 12.4 Å². The number of nitrogens with one attached hydrogen (secondary N) is 1. The fourth-order valence-corrected chi connectivity index (χ4v) is 4.53. The first kappa shape index (κ1) is 32.7. The van der Waals surface area contributed by atoms with Crippen LogP contribution in [0.4, 0.5) is 30.7 Å². The lowest BCUT2D eigenvalue weighted by molar-refractivity contribution is -0.231. The molecule has 1 aromatic heterocycles. The number of hydrogen-bond donors (Lipinski definition) is 1. The summed E-state index contributed by atoms with van der Waals surface area (Å²) in [5, 5.41) is 10.9. The van der Waals surface area contributed by atoms with Crippen molar-refractivity contribution >= 4 is 12.4 Å². The monoisotopic (exact) mass is 611 g/mol. The zero-order valence-electron chi connectivity index (χ0n) is 22.3. The molecule has 226 valence electrons. The third-order valence-electron chi connectivity index (χ3n) is 6.47. The Balaban J connectivity index is 0.00000462. The van der Waals surface area contributed by atoms with Crippen molar-refractivity contribution < 1.29 is 40.2 Å². The van der Waals surface area contributed by atoms with Crippen LogP contribution in [-0.2, 0) is 34.9 Å². The van der Waals surface area contributed by atoms with E-state index in [2.05, 4.69) is 15.4 Å². The molecule has 15 heteroatoms. The largest absolute Gasteiger partial charge is 0.416 e. The molecule has 0 amide bonds. The van der Waals surface area contributed by atoms with Gasteiger partial charge in [-0.15, -0.1) is 17.5 Å². The van der Waals surface area contributed by atoms with Crippen molar-refractivity contribution in [2.45, 2.75) is 50.8 Å². The van der Waals surface area contributed by atoms with Gasteiger partial charge in [0.25, 0.3) is 0 Å². The number of halogens is 8. The molecular formula is C26H29ClF7N5O2. The molecule has 2 aromatic carbocycles. The number of alkyl halides is 6. The average molecular weight is 612 g/mol. The van der Waals surface area contributed by atoms with Crippen LogP contribution < -0.4 is 0 Å². The first-order valence-corrected chi connectivity index (χ1v) is 12.3. The first-order valence-electron chi connectivity index (χ1n) is 12.3. The zero-order chi connectivity index (χ0) is 29.2. The van der Waals surface area contributed by atoms with E-state index in [0.29, 0.717) is 48.7 Å². The second-order valence-corrected chi connectivity index (χ2v) is 9.80. The Hall–Kier alpha value is -2.78. The molecule has 41 heavy (non-hydrogen) atoms. The second-order valence-electron chi connectivity index (χ2n) is 9.80. The number of aromatic amines is 1. The fourth-order valence-electron chi connectivity index (χ4n) is 4.53. The number of H-pyrrole nitrogens is 1. The van der Waals surface area contributed by atoms with Gasteiger partial charge in [-0.1, -0.05) is 17.3 Å². The van der Waals surface area contributed by atoms with E-state index < -0.39 is 47.7 Å². The number of nitrogens with zero attached hydrogens (tertiary/aromatic N) is 4. The minimum atomic E-state index is -4.99. The maximum absolute atomic E-state index is 13.7. The van der Waals surface area contributed by atoms with Gasteiger partial charge in [-0.25, -0.2) is 4.39 Å². The van der Waals surface area contributed by atoms with Gasteiger partial charge in [0.2, 0.25) is 0 Å².